The number of hydrogen-bond acceptors (Lipinski definition) is 7. The van der Waals surface area contributed by atoms with Crippen molar-refractivity contribution in [1.82, 2.24) is 9.88 Å². The zero-order valence-corrected chi connectivity index (χ0v) is 17.1. The molecule has 3 rings (SSSR count). The molecule has 0 aromatic carbocycles. The topological polar surface area (TPSA) is 105 Å². The second kappa shape index (κ2) is 7.17. The summed E-state index contributed by atoms with van der Waals surface area (Å²) in [6.07, 6.45) is 6.38. The van der Waals surface area contributed by atoms with Gasteiger partial charge in [-0.25, -0.2) is 13.2 Å². The highest BCUT2D eigenvalue weighted by atomic mass is 32.2. The number of nitrogens with zero attached hydrogens (tertiary/aromatic N) is 2. The van der Waals surface area contributed by atoms with Gasteiger partial charge in [-0.1, -0.05) is 6.07 Å². The second-order valence-electron chi connectivity index (χ2n) is 5.73. The first kappa shape index (κ1) is 19.7. The Morgan fingerprint density at radius 1 is 1.30 bits per heavy atom. The lowest BCUT2D eigenvalue weighted by Crippen LogP contribution is -2.61. The lowest BCUT2D eigenvalue weighted by atomic mass is 10.0. The van der Waals surface area contributed by atoms with Gasteiger partial charge in [-0.2, -0.15) is 0 Å². The Labute approximate surface area is 165 Å². The number of rotatable bonds is 4. The maximum Gasteiger partial charge on any atom is 0.352 e. The Hall–Kier alpha value is -2.04. The van der Waals surface area contributed by atoms with Crippen molar-refractivity contribution in [3.8, 4) is 0 Å². The van der Waals surface area contributed by atoms with Gasteiger partial charge >= 0.3 is 5.97 Å². The summed E-state index contributed by atoms with van der Waals surface area (Å²) in [6, 6.07) is 5.06. The first-order valence-electron chi connectivity index (χ1n) is 7.72. The normalized spacial score (nSPS) is 22.6. The van der Waals surface area contributed by atoms with Gasteiger partial charge in [-0.05, 0) is 37.6 Å². The molecule has 1 N–H and O–H groups in total. The van der Waals surface area contributed by atoms with E-state index in [1.54, 1.807) is 30.7 Å². The molecule has 1 aromatic rings. The Balaban J connectivity index is 2.27. The van der Waals surface area contributed by atoms with Crippen molar-refractivity contribution in [3.05, 3.63) is 56.1 Å². The predicted molar refractivity (Wildman–Crippen MR) is 106 cm³/mol. The van der Waals surface area contributed by atoms with Crippen molar-refractivity contribution < 1.29 is 23.1 Å². The molecule has 10 heteroatoms. The Morgan fingerprint density at radius 3 is 2.48 bits per heavy atom. The lowest BCUT2D eigenvalue weighted by Gasteiger charge is -2.46. The number of fused-ring (bicyclic) bond motifs is 1. The molecule has 2 aliphatic rings. The molecule has 27 heavy (non-hydrogen) atoms. The van der Waals surface area contributed by atoms with E-state index in [0.29, 0.717) is 9.93 Å². The third-order valence-electron chi connectivity index (χ3n) is 4.23. The van der Waals surface area contributed by atoms with E-state index in [4.69, 9.17) is 0 Å². The van der Waals surface area contributed by atoms with E-state index in [2.05, 4.69) is 4.98 Å². The van der Waals surface area contributed by atoms with Crippen LogP contribution in [-0.2, 0) is 19.4 Å². The van der Waals surface area contributed by atoms with E-state index >= 15 is 0 Å². The van der Waals surface area contributed by atoms with Crippen LogP contribution in [0.4, 0.5) is 0 Å². The van der Waals surface area contributed by atoms with Crippen LogP contribution in [0.25, 0.3) is 6.08 Å². The van der Waals surface area contributed by atoms with Gasteiger partial charge in [0.2, 0.25) is 9.84 Å². The van der Waals surface area contributed by atoms with Crippen LogP contribution < -0.4 is 0 Å². The Kier molecular flexibility index (Phi) is 5.24. The van der Waals surface area contributed by atoms with E-state index in [-0.39, 0.29) is 21.7 Å². The fourth-order valence-electron chi connectivity index (χ4n) is 3.12. The molecular weight excluding hydrogens is 408 g/mol. The quantitative estimate of drug-likeness (QED) is 0.580. The van der Waals surface area contributed by atoms with Gasteiger partial charge in [0.15, 0.2) is 5.37 Å². The number of sulfone groups is 1. The molecule has 1 amide bonds. The Morgan fingerprint density at radius 2 is 1.96 bits per heavy atom. The van der Waals surface area contributed by atoms with Gasteiger partial charge < -0.3 is 5.11 Å². The summed E-state index contributed by atoms with van der Waals surface area (Å²) in [6.45, 7) is 1.42. The van der Waals surface area contributed by atoms with Crippen LogP contribution >= 0.6 is 23.5 Å². The lowest BCUT2D eigenvalue weighted by molar-refractivity contribution is -0.141. The summed E-state index contributed by atoms with van der Waals surface area (Å²) in [5.41, 5.74) is 0.217. The highest BCUT2D eigenvalue weighted by molar-refractivity contribution is 8.22. The number of carbonyl (C=O) groups excluding carboxylic acids is 1. The molecule has 0 radical (unpaired) electrons. The van der Waals surface area contributed by atoms with Crippen molar-refractivity contribution in [3.63, 3.8) is 0 Å². The first-order valence-corrected chi connectivity index (χ1v) is 11.7. The number of pyridine rings is 1. The van der Waals surface area contributed by atoms with Gasteiger partial charge in [-0.3, -0.25) is 14.7 Å². The van der Waals surface area contributed by atoms with E-state index in [9.17, 15) is 23.1 Å². The number of carbonyl (C=O) groups is 2. The minimum absolute atomic E-state index is 0.0130. The van der Waals surface area contributed by atoms with Crippen LogP contribution in [-0.4, -0.2) is 53.2 Å². The number of allylic oxidation sites excluding steroid dienone is 1. The molecule has 3 heterocycles. The maximum atomic E-state index is 13.3. The standard InChI is InChI=1S/C17H16N2O5S3/c1-9-12(16(21)22)19-14(20)11(8-10-6-4-5-7-18-10)15(19)27(23,24)13(9)17(25-2)26-3/h4-8,15H,1-3H3,(H,21,22)/b11-8-/t15-/m1/s1. The molecule has 7 nitrogen and oxygen atoms in total. The van der Waals surface area contributed by atoms with Crippen LogP contribution in [0.3, 0.4) is 0 Å². The number of hydrogen-bond donors (Lipinski definition) is 1. The summed E-state index contributed by atoms with van der Waals surface area (Å²) in [4.78, 5) is 29.3. The molecule has 0 aliphatic carbocycles. The van der Waals surface area contributed by atoms with Gasteiger partial charge in [0.25, 0.3) is 5.91 Å². The van der Waals surface area contributed by atoms with E-state index in [1.807, 2.05) is 0 Å². The fourth-order valence-corrected chi connectivity index (χ4v) is 7.62. The average Bonchev–Trinajstić information content (AvgIpc) is 2.63. The van der Waals surface area contributed by atoms with Crippen LogP contribution in [0, 0.1) is 0 Å². The number of amides is 1. The zero-order valence-electron chi connectivity index (χ0n) is 14.7. The number of carboxylic acids is 1. The molecule has 2 aliphatic heterocycles. The van der Waals surface area contributed by atoms with Crippen LogP contribution in [0.2, 0.25) is 0 Å². The van der Waals surface area contributed by atoms with Gasteiger partial charge in [0.1, 0.15) is 5.70 Å². The van der Waals surface area contributed by atoms with Crippen molar-refractivity contribution in [1.29, 1.82) is 0 Å². The van der Waals surface area contributed by atoms with E-state index in [0.717, 1.165) is 4.90 Å². The predicted octanol–water partition coefficient (Wildman–Crippen LogP) is 2.32. The highest BCUT2D eigenvalue weighted by Gasteiger charge is 2.58. The SMILES string of the molecule is CSC(SC)=C1C(C)=C(C(=O)O)N2C(=O)/C(=C/c3ccccn3)[C@H]2S1(=O)=O. The highest BCUT2D eigenvalue weighted by Crippen LogP contribution is 2.48. The first-order chi connectivity index (χ1) is 12.8. The number of carboxylic acid groups (broad SMARTS) is 1. The molecule has 1 fully saturated rings. The third kappa shape index (κ3) is 3.01. The second-order valence-corrected chi connectivity index (χ2v) is 9.57. The molecule has 1 saturated heterocycles. The zero-order chi connectivity index (χ0) is 19.9. The molecule has 0 saturated carbocycles. The van der Waals surface area contributed by atoms with Crippen LogP contribution in [0.1, 0.15) is 12.6 Å². The number of aliphatic carboxylic acids is 1. The summed E-state index contributed by atoms with van der Waals surface area (Å²) in [7, 11) is -3.98. The molecule has 1 atom stereocenters. The molecule has 0 spiro atoms. The van der Waals surface area contributed by atoms with Crippen LogP contribution in [0.5, 0.6) is 0 Å². The Bertz CT molecular complexity index is 1020. The summed E-state index contributed by atoms with van der Waals surface area (Å²) in [5, 5.41) is 8.27. The number of β-lactam (4-membered cyclic amide) rings is 1. The molecule has 1 aromatic heterocycles. The minimum Gasteiger partial charge on any atom is -0.477 e. The summed E-state index contributed by atoms with van der Waals surface area (Å²) < 4.78 is 27.1. The number of aromatic nitrogens is 1. The minimum atomic E-state index is -3.98. The largest absolute Gasteiger partial charge is 0.477 e. The summed E-state index contributed by atoms with van der Waals surface area (Å²) in [5.74, 6) is -1.98. The molecule has 0 unspecified atom stereocenters. The van der Waals surface area contributed by atoms with E-state index in [1.165, 1.54) is 42.7 Å². The van der Waals surface area contributed by atoms with Crippen molar-refractivity contribution in [2.24, 2.45) is 0 Å². The fraction of sp³-hybridized carbons (Fsp3) is 0.235. The maximum absolute atomic E-state index is 13.3. The van der Waals surface area contributed by atoms with Crippen molar-refractivity contribution in [2.75, 3.05) is 12.5 Å². The van der Waals surface area contributed by atoms with Crippen molar-refractivity contribution in [2.45, 2.75) is 12.3 Å². The monoisotopic (exact) mass is 424 g/mol. The van der Waals surface area contributed by atoms with Gasteiger partial charge in [0.05, 0.1) is 20.4 Å². The average molecular weight is 425 g/mol. The molecule has 0 bridgehead atoms. The van der Waals surface area contributed by atoms with Crippen molar-refractivity contribution >= 4 is 51.3 Å². The van der Waals surface area contributed by atoms with Crippen LogP contribution in [0.15, 0.2) is 50.4 Å². The van der Waals surface area contributed by atoms with Gasteiger partial charge in [-0.15, -0.1) is 23.5 Å². The molecular formula is C17H16N2O5S3. The van der Waals surface area contributed by atoms with Gasteiger partial charge in [0, 0.05) is 11.8 Å². The van der Waals surface area contributed by atoms with E-state index < -0.39 is 27.1 Å². The summed E-state index contributed by atoms with van der Waals surface area (Å²) >= 11 is 2.46. The third-order valence-corrected chi connectivity index (χ3v) is 8.77. The number of thioether (sulfide) groups is 2. The smallest absolute Gasteiger partial charge is 0.352 e. The molecule has 142 valence electrons.